The van der Waals surface area contributed by atoms with Gasteiger partial charge < -0.3 is 4.74 Å². The van der Waals surface area contributed by atoms with Gasteiger partial charge in [-0.05, 0) is 29.6 Å². The Hall–Kier alpha value is -1.44. The first-order valence-electron chi connectivity index (χ1n) is 5.77. The normalized spacial score (nSPS) is 11.8. The maximum absolute atomic E-state index is 13.6. The highest BCUT2D eigenvalue weighted by atomic mass is 32.2. The molecule has 4 nitrogen and oxygen atoms in total. The number of hydrogen-bond acceptors (Lipinski definition) is 4. The van der Waals surface area contributed by atoms with Crippen molar-refractivity contribution in [2.24, 2.45) is 0 Å². The minimum Gasteiger partial charge on any atom is -0.494 e. The van der Waals surface area contributed by atoms with Crippen LogP contribution in [0.1, 0.15) is 4.88 Å². The van der Waals surface area contributed by atoms with Gasteiger partial charge in [0.1, 0.15) is 0 Å². The maximum atomic E-state index is 13.6. The quantitative estimate of drug-likeness (QED) is 0.852. The summed E-state index contributed by atoms with van der Waals surface area (Å²) in [4.78, 5) is 0.833. The molecule has 7 heteroatoms. The van der Waals surface area contributed by atoms with E-state index in [2.05, 4.69) is 0 Å². The molecule has 20 heavy (non-hydrogen) atoms. The molecule has 1 heterocycles. The molecule has 0 fully saturated rings. The van der Waals surface area contributed by atoms with Crippen LogP contribution in [0.5, 0.6) is 5.75 Å². The second kappa shape index (κ2) is 5.90. The highest BCUT2D eigenvalue weighted by molar-refractivity contribution is 7.89. The van der Waals surface area contributed by atoms with E-state index in [4.69, 9.17) is 4.74 Å². The van der Waals surface area contributed by atoms with Crippen LogP contribution in [0, 0.1) is 5.82 Å². The first-order chi connectivity index (χ1) is 9.45. The van der Waals surface area contributed by atoms with Gasteiger partial charge in [-0.2, -0.15) is 4.31 Å². The fourth-order valence-electron chi connectivity index (χ4n) is 1.69. The number of sulfonamides is 1. The first-order valence-corrected chi connectivity index (χ1v) is 8.09. The van der Waals surface area contributed by atoms with Crippen molar-refractivity contribution in [3.8, 4) is 5.75 Å². The van der Waals surface area contributed by atoms with Gasteiger partial charge in [0.2, 0.25) is 10.0 Å². The van der Waals surface area contributed by atoms with Gasteiger partial charge in [0.25, 0.3) is 0 Å². The highest BCUT2D eigenvalue weighted by Gasteiger charge is 2.22. The van der Waals surface area contributed by atoms with Crippen LogP contribution in [0.3, 0.4) is 0 Å². The first kappa shape index (κ1) is 15.0. The van der Waals surface area contributed by atoms with Gasteiger partial charge in [0.05, 0.1) is 12.0 Å². The van der Waals surface area contributed by atoms with E-state index in [0.29, 0.717) is 0 Å². The van der Waals surface area contributed by atoms with Gasteiger partial charge >= 0.3 is 0 Å². The van der Waals surface area contributed by atoms with Crippen molar-refractivity contribution in [3.63, 3.8) is 0 Å². The van der Waals surface area contributed by atoms with Gasteiger partial charge in [-0.25, -0.2) is 12.8 Å². The lowest BCUT2D eigenvalue weighted by Crippen LogP contribution is -2.26. The van der Waals surface area contributed by atoms with E-state index in [1.807, 2.05) is 17.5 Å². The molecule has 0 saturated heterocycles. The lowest BCUT2D eigenvalue weighted by Gasteiger charge is -2.16. The average Bonchev–Trinajstić information content (AvgIpc) is 2.91. The van der Waals surface area contributed by atoms with Crippen LogP contribution < -0.4 is 4.74 Å². The number of nitrogens with zero attached hydrogens (tertiary/aromatic N) is 1. The van der Waals surface area contributed by atoms with Crippen LogP contribution in [0.25, 0.3) is 0 Å². The van der Waals surface area contributed by atoms with Crippen LogP contribution in [0.4, 0.5) is 4.39 Å². The summed E-state index contributed by atoms with van der Waals surface area (Å²) in [5.74, 6) is -0.678. The molecule has 0 amide bonds. The van der Waals surface area contributed by atoms with E-state index < -0.39 is 15.8 Å². The van der Waals surface area contributed by atoms with Crippen LogP contribution >= 0.6 is 11.3 Å². The Labute approximate surface area is 121 Å². The molecule has 2 rings (SSSR count). The molecule has 0 aliphatic carbocycles. The predicted molar refractivity (Wildman–Crippen MR) is 75.9 cm³/mol. The zero-order valence-electron chi connectivity index (χ0n) is 11.0. The van der Waals surface area contributed by atoms with Crippen molar-refractivity contribution in [1.29, 1.82) is 0 Å². The van der Waals surface area contributed by atoms with Crippen molar-refractivity contribution in [2.75, 3.05) is 14.2 Å². The van der Waals surface area contributed by atoms with Gasteiger partial charge in [0.15, 0.2) is 11.6 Å². The van der Waals surface area contributed by atoms with Crippen molar-refractivity contribution in [2.45, 2.75) is 11.4 Å². The van der Waals surface area contributed by atoms with Gasteiger partial charge in [-0.15, -0.1) is 11.3 Å². The van der Waals surface area contributed by atoms with Gasteiger partial charge in [-0.3, -0.25) is 0 Å². The highest BCUT2D eigenvalue weighted by Crippen LogP contribution is 2.24. The fraction of sp³-hybridized carbons (Fsp3) is 0.231. The molecule has 1 aromatic carbocycles. The van der Waals surface area contributed by atoms with Crippen LogP contribution in [-0.2, 0) is 16.6 Å². The Kier molecular flexibility index (Phi) is 4.42. The molecule has 0 radical (unpaired) electrons. The molecular formula is C13H14FNO3S2. The number of methoxy groups -OCH3 is 1. The minimum atomic E-state index is -3.72. The van der Waals surface area contributed by atoms with Crippen LogP contribution in [-0.4, -0.2) is 26.9 Å². The van der Waals surface area contributed by atoms with Crippen molar-refractivity contribution in [3.05, 3.63) is 46.4 Å². The number of benzene rings is 1. The summed E-state index contributed by atoms with van der Waals surface area (Å²) >= 11 is 1.47. The predicted octanol–water partition coefficient (Wildman–Crippen LogP) is 2.72. The smallest absolute Gasteiger partial charge is 0.243 e. The molecule has 1 aromatic heterocycles. The standard InChI is InChI=1S/C13H14FNO3S2/c1-15(9-10-4-3-7-19-10)20(16,17)11-5-6-13(18-2)12(14)8-11/h3-8H,9H2,1-2H3. The molecule has 0 unspecified atom stereocenters. The Morgan fingerprint density at radius 1 is 1.35 bits per heavy atom. The maximum Gasteiger partial charge on any atom is 0.243 e. The number of hydrogen-bond donors (Lipinski definition) is 0. The molecule has 108 valence electrons. The summed E-state index contributed by atoms with van der Waals surface area (Å²) in [5, 5.41) is 1.88. The molecule has 0 bridgehead atoms. The van der Waals surface area contributed by atoms with Crippen LogP contribution in [0.15, 0.2) is 40.6 Å². The lowest BCUT2D eigenvalue weighted by molar-refractivity contribution is 0.385. The number of rotatable bonds is 5. The molecule has 0 atom stereocenters. The Morgan fingerprint density at radius 2 is 2.10 bits per heavy atom. The van der Waals surface area contributed by atoms with E-state index >= 15 is 0 Å². The van der Waals surface area contributed by atoms with Crippen molar-refractivity contribution >= 4 is 21.4 Å². The molecule has 0 spiro atoms. The monoisotopic (exact) mass is 315 g/mol. The number of thiophene rings is 1. The van der Waals surface area contributed by atoms with Crippen molar-refractivity contribution in [1.82, 2.24) is 4.31 Å². The Bertz CT molecular complexity index is 684. The second-order valence-corrected chi connectivity index (χ2v) is 7.21. The summed E-state index contributed by atoms with van der Waals surface area (Å²) < 4.78 is 44.3. The molecule has 2 aromatic rings. The number of halogens is 1. The summed E-state index contributed by atoms with van der Waals surface area (Å²) in [6.45, 7) is 0.258. The minimum absolute atomic E-state index is 0.0184. The Morgan fingerprint density at radius 3 is 2.65 bits per heavy atom. The molecule has 0 saturated carbocycles. The SMILES string of the molecule is COc1ccc(S(=O)(=O)N(C)Cc2cccs2)cc1F. The Balaban J connectivity index is 2.27. The summed E-state index contributed by atoms with van der Waals surface area (Å²) in [6, 6.07) is 7.32. The lowest BCUT2D eigenvalue weighted by atomic mass is 10.3. The zero-order chi connectivity index (χ0) is 14.8. The molecular weight excluding hydrogens is 301 g/mol. The van der Waals surface area contributed by atoms with E-state index in [0.717, 1.165) is 10.9 Å². The third-order valence-corrected chi connectivity index (χ3v) is 5.45. The topological polar surface area (TPSA) is 46.6 Å². The molecule has 0 aliphatic heterocycles. The summed E-state index contributed by atoms with van der Waals surface area (Å²) in [5.41, 5.74) is 0. The number of ether oxygens (including phenoxy) is 1. The average molecular weight is 315 g/mol. The van der Waals surface area contributed by atoms with Gasteiger partial charge in [-0.1, -0.05) is 6.07 Å². The van der Waals surface area contributed by atoms with Crippen LogP contribution in [0.2, 0.25) is 0 Å². The molecule has 0 N–H and O–H groups in total. The third kappa shape index (κ3) is 3.00. The fourth-order valence-corrected chi connectivity index (χ4v) is 3.69. The van der Waals surface area contributed by atoms with E-state index in [9.17, 15) is 12.8 Å². The molecule has 0 aliphatic rings. The zero-order valence-corrected chi connectivity index (χ0v) is 12.7. The van der Waals surface area contributed by atoms with E-state index in [1.165, 1.54) is 41.9 Å². The van der Waals surface area contributed by atoms with E-state index in [-0.39, 0.29) is 17.2 Å². The largest absolute Gasteiger partial charge is 0.494 e. The van der Waals surface area contributed by atoms with Gasteiger partial charge in [0, 0.05) is 18.5 Å². The summed E-state index contributed by atoms with van der Waals surface area (Å²) in [7, 11) is -0.920. The van der Waals surface area contributed by atoms with E-state index in [1.54, 1.807) is 0 Å². The van der Waals surface area contributed by atoms with Crippen molar-refractivity contribution < 1.29 is 17.5 Å². The third-order valence-electron chi connectivity index (χ3n) is 2.79. The second-order valence-electron chi connectivity index (χ2n) is 4.14. The summed E-state index contributed by atoms with van der Waals surface area (Å²) in [6.07, 6.45) is 0.